The van der Waals surface area contributed by atoms with Gasteiger partial charge in [-0.05, 0) is 24.3 Å². The van der Waals surface area contributed by atoms with Crippen LogP contribution in [0.5, 0.6) is 0 Å². The van der Waals surface area contributed by atoms with Gasteiger partial charge in [0.2, 0.25) is 0 Å². The van der Waals surface area contributed by atoms with Crippen molar-refractivity contribution in [1.29, 1.82) is 0 Å². The van der Waals surface area contributed by atoms with Crippen LogP contribution in [0.4, 0.5) is 4.39 Å². The number of esters is 1. The topological polar surface area (TPSA) is 84.9 Å². The number of nitrogens with one attached hydrogen (secondary N) is 1. The van der Waals surface area contributed by atoms with Gasteiger partial charge in [-0.2, -0.15) is 5.10 Å². The van der Waals surface area contributed by atoms with Crippen molar-refractivity contribution in [1.82, 2.24) is 15.2 Å². The highest BCUT2D eigenvalue weighted by Gasteiger charge is 2.13. The molecule has 4 aromatic rings. The summed E-state index contributed by atoms with van der Waals surface area (Å²) in [5.74, 6) is -0.956. The Hall–Kier alpha value is -3.61. The van der Waals surface area contributed by atoms with Gasteiger partial charge in [-0.15, -0.1) is 0 Å². The lowest BCUT2D eigenvalue weighted by Crippen LogP contribution is -2.15. The summed E-state index contributed by atoms with van der Waals surface area (Å²) in [5, 5.41) is 8.02. The van der Waals surface area contributed by atoms with Crippen LogP contribution >= 0.6 is 0 Å². The Bertz CT molecular complexity index is 1220. The first-order valence-corrected chi connectivity index (χ1v) is 8.27. The van der Waals surface area contributed by atoms with Crippen LogP contribution in [0.2, 0.25) is 0 Å². The Morgan fingerprint density at radius 1 is 1.11 bits per heavy atom. The predicted octanol–water partition coefficient (Wildman–Crippen LogP) is 2.90. The third-order valence-corrected chi connectivity index (χ3v) is 4.22. The highest BCUT2D eigenvalue weighted by molar-refractivity contribution is 5.87. The van der Waals surface area contributed by atoms with Crippen LogP contribution in [-0.2, 0) is 22.6 Å². The number of halogens is 1. The average molecular weight is 363 g/mol. The van der Waals surface area contributed by atoms with Crippen LogP contribution in [0.15, 0.2) is 59.5 Å². The van der Waals surface area contributed by atoms with E-state index in [1.54, 1.807) is 42.6 Å². The van der Waals surface area contributed by atoms with E-state index in [0.717, 1.165) is 0 Å². The molecule has 0 saturated heterocycles. The Kier molecular flexibility index (Phi) is 4.33. The number of ether oxygens (including phenoxy) is 1. The number of H-pyrrole nitrogens is 1. The third kappa shape index (κ3) is 3.39. The lowest BCUT2D eigenvalue weighted by molar-refractivity contribution is -0.144. The number of nitrogens with zero attached hydrogens (tertiary/aromatic N) is 2. The molecule has 2 aromatic carbocycles. The fourth-order valence-electron chi connectivity index (χ4n) is 2.99. The van der Waals surface area contributed by atoms with Crippen molar-refractivity contribution in [2.75, 3.05) is 0 Å². The Morgan fingerprint density at radius 2 is 1.93 bits per heavy atom. The molecule has 1 N–H and O–H groups in total. The standard InChI is InChI=1S/C20H14FN3O3/c21-14-8-12-4-3-7-22-19(12)13(9-14)11-27-18(25)10-17-15-5-1-2-6-16(15)20(26)24-23-17/h1-9H,10-11H2,(H,24,26). The van der Waals surface area contributed by atoms with Crippen molar-refractivity contribution in [3.8, 4) is 0 Å². The molecule has 134 valence electrons. The van der Waals surface area contributed by atoms with E-state index in [1.165, 1.54) is 12.1 Å². The van der Waals surface area contributed by atoms with E-state index < -0.39 is 11.8 Å². The smallest absolute Gasteiger partial charge is 0.312 e. The third-order valence-electron chi connectivity index (χ3n) is 4.22. The molecule has 0 unspecified atom stereocenters. The SMILES string of the molecule is O=C(Cc1n[nH]c(=O)c2ccccc12)OCc1cc(F)cc2cccnc12. The van der Waals surface area contributed by atoms with Crippen molar-refractivity contribution in [2.45, 2.75) is 13.0 Å². The number of aromatic nitrogens is 3. The molecular formula is C20H14FN3O3. The predicted molar refractivity (Wildman–Crippen MR) is 97.6 cm³/mol. The molecule has 0 saturated carbocycles. The summed E-state index contributed by atoms with van der Waals surface area (Å²) in [7, 11) is 0. The van der Waals surface area contributed by atoms with Gasteiger partial charge >= 0.3 is 5.97 Å². The van der Waals surface area contributed by atoms with Crippen molar-refractivity contribution < 1.29 is 13.9 Å². The van der Waals surface area contributed by atoms with Gasteiger partial charge in [0.25, 0.3) is 5.56 Å². The Balaban J connectivity index is 1.55. The second-order valence-electron chi connectivity index (χ2n) is 6.02. The molecule has 0 aliphatic carbocycles. The minimum absolute atomic E-state index is 0.106. The molecule has 2 aromatic heterocycles. The highest BCUT2D eigenvalue weighted by Crippen LogP contribution is 2.20. The summed E-state index contributed by atoms with van der Waals surface area (Å²) >= 11 is 0. The number of rotatable bonds is 4. The molecule has 0 aliphatic heterocycles. The summed E-state index contributed by atoms with van der Waals surface area (Å²) < 4.78 is 19.1. The van der Waals surface area contributed by atoms with E-state index >= 15 is 0 Å². The van der Waals surface area contributed by atoms with Crippen LogP contribution in [-0.4, -0.2) is 21.2 Å². The second-order valence-corrected chi connectivity index (χ2v) is 6.02. The molecule has 4 rings (SSSR count). The van der Waals surface area contributed by atoms with Crippen molar-refractivity contribution in [3.63, 3.8) is 0 Å². The monoisotopic (exact) mass is 363 g/mol. The zero-order valence-electron chi connectivity index (χ0n) is 14.1. The summed E-state index contributed by atoms with van der Waals surface area (Å²) in [6, 6.07) is 13.0. The summed E-state index contributed by atoms with van der Waals surface area (Å²) in [6.07, 6.45) is 1.49. The minimum atomic E-state index is -0.534. The van der Waals surface area contributed by atoms with E-state index in [-0.39, 0.29) is 18.6 Å². The van der Waals surface area contributed by atoms with E-state index in [2.05, 4.69) is 15.2 Å². The van der Waals surface area contributed by atoms with Crippen LogP contribution in [0, 0.1) is 5.82 Å². The van der Waals surface area contributed by atoms with Crippen LogP contribution in [0.1, 0.15) is 11.3 Å². The fraction of sp³-hybridized carbons (Fsp3) is 0.100. The minimum Gasteiger partial charge on any atom is -0.460 e. The first-order chi connectivity index (χ1) is 13.1. The number of carbonyl (C=O) groups excluding carboxylic acids is 1. The van der Waals surface area contributed by atoms with Crippen LogP contribution < -0.4 is 5.56 Å². The molecule has 27 heavy (non-hydrogen) atoms. The van der Waals surface area contributed by atoms with Gasteiger partial charge < -0.3 is 4.74 Å². The molecule has 6 nitrogen and oxygen atoms in total. The van der Waals surface area contributed by atoms with E-state index in [9.17, 15) is 14.0 Å². The number of aromatic amines is 1. The van der Waals surface area contributed by atoms with E-state index in [4.69, 9.17) is 4.74 Å². The molecule has 2 heterocycles. The van der Waals surface area contributed by atoms with Crippen LogP contribution in [0.3, 0.4) is 0 Å². The first kappa shape index (κ1) is 16.8. The molecule has 0 amide bonds. The molecule has 0 atom stereocenters. The quantitative estimate of drug-likeness (QED) is 0.564. The molecule has 0 fully saturated rings. The van der Waals surface area contributed by atoms with Gasteiger partial charge in [0.15, 0.2) is 0 Å². The number of hydrogen-bond acceptors (Lipinski definition) is 5. The molecule has 0 spiro atoms. The van der Waals surface area contributed by atoms with Gasteiger partial charge in [-0.1, -0.05) is 24.3 Å². The summed E-state index contributed by atoms with van der Waals surface area (Å²) in [5.41, 5.74) is 1.16. The number of hydrogen-bond donors (Lipinski definition) is 1. The van der Waals surface area contributed by atoms with Crippen molar-refractivity contribution >= 4 is 27.6 Å². The largest absolute Gasteiger partial charge is 0.460 e. The maximum absolute atomic E-state index is 13.8. The lowest BCUT2D eigenvalue weighted by atomic mass is 10.1. The Labute approximate surface area is 152 Å². The average Bonchev–Trinajstić information content (AvgIpc) is 2.68. The normalized spacial score (nSPS) is 11.0. The van der Waals surface area contributed by atoms with Gasteiger partial charge in [0.1, 0.15) is 12.4 Å². The van der Waals surface area contributed by atoms with Crippen LogP contribution in [0.25, 0.3) is 21.7 Å². The zero-order chi connectivity index (χ0) is 18.8. The van der Waals surface area contributed by atoms with E-state index in [1.807, 2.05) is 0 Å². The van der Waals surface area contributed by atoms with Gasteiger partial charge in [0.05, 0.1) is 23.0 Å². The Morgan fingerprint density at radius 3 is 2.78 bits per heavy atom. The van der Waals surface area contributed by atoms with Crippen molar-refractivity contribution in [2.24, 2.45) is 0 Å². The molecule has 0 radical (unpaired) electrons. The number of pyridine rings is 1. The molecule has 0 bridgehead atoms. The van der Waals surface area contributed by atoms with Gasteiger partial charge in [-0.25, -0.2) is 9.49 Å². The molecule has 0 aliphatic rings. The van der Waals surface area contributed by atoms with Gasteiger partial charge in [-0.3, -0.25) is 14.6 Å². The second kappa shape index (κ2) is 6.95. The first-order valence-electron chi connectivity index (χ1n) is 8.27. The summed E-state index contributed by atoms with van der Waals surface area (Å²) in [4.78, 5) is 28.3. The summed E-state index contributed by atoms with van der Waals surface area (Å²) in [6.45, 7) is -0.106. The van der Waals surface area contributed by atoms with Gasteiger partial charge in [0, 0.05) is 22.5 Å². The van der Waals surface area contributed by atoms with Crippen molar-refractivity contribution in [3.05, 3.63) is 82.2 Å². The highest BCUT2D eigenvalue weighted by atomic mass is 19.1. The van der Waals surface area contributed by atoms with E-state index in [0.29, 0.717) is 32.9 Å². The number of benzene rings is 2. The number of fused-ring (bicyclic) bond motifs is 2. The fourth-order valence-corrected chi connectivity index (χ4v) is 2.99. The maximum Gasteiger partial charge on any atom is 0.312 e. The molecule has 7 heteroatoms. The maximum atomic E-state index is 13.8. The molecular weight excluding hydrogens is 349 g/mol. The lowest BCUT2D eigenvalue weighted by Gasteiger charge is -2.08. The zero-order valence-corrected chi connectivity index (χ0v) is 14.1. The number of carbonyl (C=O) groups is 1.